The summed E-state index contributed by atoms with van der Waals surface area (Å²) in [5, 5.41) is 7.20. The predicted octanol–water partition coefficient (Wildman–Crippen LogP) is 0.435. The van der Waals surface area contributed by atoms with Crippen LogP contribution in [-0.4, -0.2) is 70.1 Å². The molecular weight excluding hydrogens is 336 g/mol. The monoisotopic (exact) mass is 360 g/mol. The smallest absolute Gasteiger partial charge is 0.291 e. The van der Waals surface area contributed by atoms with E-state index in [2.05, 4.69) is 15.4 Å². The summed E-state index contributed by atoms with van der Waals surface area (Å²) in [6, 6.07) is 1.74. The lowest BCUT2D eigenvalue weighted by atomic mass is 10.2. The molecule has 0 unspecified atom stereocenters. The molecule has 2 aromatic heterocycles. The summed E-state index contributed by atoms with van der Waals surface area (Å²) in [5.41, 5.74) is 1.79. The first kappa shape index (κ1) is 18.1. The lowest BCUT2D eigenvalue weighted by molar-refractivity contribution is 0.0670. The average Bonchev–Trinajstić information content (AvgIpc) is 3.15. The number of carbonyl (C=O) groups is 2. The molecule has 1 N–H and O–H groups in total. The van der Waals surface area contributed by atoms with Crippen molar-refractivity contribution in [2.24, 2.45) is 0 Å². The molecule has 0 fully saturated rings. The summed E-state index contributed by atoms with van der Waals surface area (Å²) in [6.45, 7) is 6.23. The molecule has 2 aromatic rings. The maximum atomic E-state index is 12.7. The number of nitrogens with one attached hydrogen (secondary N) is 1. The molecule has 0 saturated carbocycles. The van der Waals surface area contributed by atoms with Crippen molar-refractivity contribution in [1.82, 2.24) is 29.9 Å². The van der Waals surface area contributed by atoms with E-state index in [9.17, 15) is 9.59 Å². The highest BCUT2D eigenvalue weighted by Crippen LogP contribution is 2.18. The minimum Gasteiger partial charge on any atom is -0.436 e. The molecule has 0 radical (unpaired) electrons. The van der Waals surface area contributed by atoms with Crippen molar-refractivity contribution in [3.8, 4) is 0 Å². The fraction of sp³-hybridized carbons (Fsp3) is 0.529. The number of fused-ring (bicyclic) bond motifs is 1. The number of amides is 2. The fourth-order valence-electron chi connectivity index (χ4n) is 2.91. The number of nitrogens with zero attached hydrogens (tertiary/aromatic N) is 5. The number of rotatable bonds is 5. The zero-order chi connectivity index (χ0) is 18.8. The molecule has 1 aliphatic heterocycles. The van der Waals surface area contributed by atoms with Crippen molar-refractivity contribution < 1.29 is 14.0 Å². The standard InChI is InChI=1S/C17H24N6O3/c1-11-15(26-12(2)19-11)17(25)22-7-8-23-13(10-22)9-14(20-23)16(24)18-5-6-21(3)4/h9H,5-8,10H2,1-4H3,(H,18,24). The average molecular weight is 360 g/mol. The van der Waals surface area contributed by atoms with E-state index in [0.29, 0.717) is 43.5 Å². The third-order valence-electron chi connectivity index (χ3n) is 4.26. The van der Waals surface area contributed by atoms with Gasteiger partial charge in [0.1, 0.15) is 0 Å². The van der Waals surface area contributed by atoms with E-state index in [1.807, 2.05) is 19.0 Å². The van der Waals surface area contributed by atoms with Crippen LogP contribution in [0.4, 0.5) is 0 Å². The summed E-state index contributed by atoms with van der Waals surface area (Å²) >= 11 is 0. The normalized spacial score (nSPS) is 13.8. The Morgan fingerprint density at radius 1 is 1.31 bits per heavy atom. The molecule has 3 heterocycles. The molecule has 0 bridgehead atoms. The van der Waals surface area contributed by atoms with Crippen molar-refractivity contribution in [3.05, 3.63) is 34.8 Å². The van der Waals surface area contributed by atoms with Gasteiger partial charge in [0.25, 0.3) is 11.8 Å². The third-order valence-corrected chi connectivity index (χ3v) is 4.26. The van der Waals surface area contributed by atoms with Gasteiger partial charge >= 0.3 is 0 Å². The van der Waals surface area contributed by atoms with E-state index in [1.54, 1.807) is 29.5 Å². The van der Waals surface area contributed by atoms with Crippen LogP contribution in [0.1, 0.15) is 38.3 Å². The van der Waals surface area contributed by atoms with Gasteiger partial charge < -0.3 is 19.5 Å². The van der Waals surface area contributed by atoms with Gasteiger partial charge in [-0.15, -0.1) is 0 Å². The topological polar surface area (TPSA) is 96.5 Å². The highest BCUT2D eigenvalue weighted by molar-refractivity contribution is 5.93. The quantitative estimate of drug-likeness (QED) is 0.831. The summed E-state index contributed by atoms with van der Waals surface area (Å²) < 4.78 is 7.21. The van der Waals surface area contributed by atoms with Gasteiger partial charge in [-0.2, -0.15) is 5.10 Å². The minimum atomic E-state index is -0.201. The van der Waals surface area contributed by atoms with Gasteiger partial charge in [0, 0.05) is 26.6 Å². The Morgan fingerprint density at radius 3 is 2.73 bits per heavy atom. The second-order valence-electron chi connectivity index (χ2n) is 6.68. The van der Waals surface area contributed by atoms with Crippen molar-refractivity contribution >= 4 is 11.8 Å². The van der Waals surface area contributed by atoms with E-state index < -0.39 is 0 Å². The maximum Gasteiger partial charge on any atom is 0.291 e. The molecule has 140 valence electrons. The van der Waals surface area contributed by atoms with Crippen molar-refractivity contribution in [3.63, 3.8) is 0 Å². The SMILES string of the molecule is Cc1nc(C)c(C(=O)N2CCn3nc(C(=O)NCCN(C)C)cc3C2)o1. The molecule has 3 rings (SSSR count). The molecule has 0 atom stereocenters. The van der Waals surface area contributed by atoms with Gasteiger partial charge in [-0.1, -0.05) is 0 Å². The highest BCUT2D eigenvalue weighted by atomic mass is 16.4. The second kappa shape index (κ2) is 7.28. The zero-order valence-corrected chi connectivity index (χ0v) is 15.6. The Morgan fingerprint density at radius 2 is 2.08 bits per heavy atom. The van der Waals surface area contributed by atoms with Crippen molar-refractivity contribution in [2.45, 2.75) is 26.9 Å². The van der Waals surface area contributed by atoms with Gasteiger partial charge in [-0.05, 0) is 27.1 Å². The Hall–Kier alpha value is -2.68. The molecule has 1 aliphatic rings. The number of likely N-dealkylation sites (N-methyl/N-ethyl adjacent to an activating group) is 1. The van der Waals surface area contributed by atoms with Crippen LogP contribution in [0.3, 0.4) is 0 Å². The Bertz CT molecular complexity index is 823. The van der Waals surface area contributed by atoms with E-state index in [-0.39, 0.29) is 17.6 Å². The first-order chi connectivity index (χ1) is 12.3. The number of carbonyl (C=O) groups excluding carboxylic acids is 2. The predicted molar refractivity (Wildman–Crippen MR) is 93.8 cm³/mol. The van der Waals surface area contributed by atoms with Crippen LogP contribution < -0.4 is 5.32 Å². The number of hydrogen-bond donors (Lipinski definition) is 1. The van der Waals surface area contributed by atoms with E-state index in [4.69, 9.17) is 4.42 Å². The van der Waals surface area contributed by atoms with Gasteiger partial charge in [-0.25, -0.2) is 4.98 Å². The summed E-state index contributed by atoms with van der Waals surface area (Å²) in [7, 11) is 3.90. The molecule has 9 nitrogen and oxygen atoms in total. The number of oxazole rings is 1. The maximum absolute atomic E-state index is 12.7. The second-order valence-corrected chi connectivity index (χ2v) is 6.68. The summed E-state index contributed by atoms with van der Waals surface area (Å²) in [5.74, 6) is 0.363. The summed E-state index contributed by atoms with van der Waals surface area (Å²) in [6.07, 6.45) is 0. The van der Waals surface area contributed by atoms with Crippen LogP contribution in [0.2, 0.25) is 0 Å². The molecule has 0 aliphatic carbocycles. The first-order valence-electron chi connectivity index (χ1n) is 8.58. The van der Waals surface area contributed by atoms with E-state index in [1.165, 1.54) is 0 Å². The molecule has 9 heteroatoms. The Kier molecular flexibility index (Phi) is 5.08. The van der Waals surface area contributed by atoms with E-state index >= 15 is 0 Å². The van der Waals surface area contributed by atoms with Gasteiger partial charge in [0.15, 0.2) is 11.6 Å². The van der Waals surface area contributed by atoms with Crippen LogP contribution in [0.25, 0.3) is 0 Å². The van der Waals surface area contributed by atoms with Crippen molar-refractivity contribution in [2.75, 3.05) is 33.7 Å². The molecule has 26 heavy (non-hydrogen) atoms. The zero-order valence-electron chi connectivity index (χ0n) is 15.6. The molecule has 0 spiro atoms. The molecular formula is C17H24N6O3. The van der Waals surface area contributed by atoms with Gasteiger partial charge in [0.05, 0.1) is 24.5 Å². The molecule has 0 aromatic carbocycles. The minimum absolute atomic E-state index is 0.187. The fourth-order valence-corrected chi connectivity index (χ4v) is 2.91. The Labute approximate surface area is 152 Å². The van der Waals surface area contributed by atoms with Crippen LogP contribution >= 0.6 is 0 Å². The number of hydrogen-bond acceptors (Lipinski definition) is 6. The lowest BCUT2D eigenvalue weighted by Gasteiger charge is -2.26. The molecule has 0 saturated heterocycles. The van der Waals surface area contributed by atoms with E-state index in [0.717, 1.165) is 12.2 Å². The van der Waals surface area contributed by atoms with Crippen molar-refractivity contribution in [1.29, 1.82) is 0 Å². The third kappa shape index (κ3) is 3.77. The number of aryl methyl sites for hydroxylation is 2. The van der Waals surface area contributed by atoms with Gasteiger partial charge in [-0.3, -0.25) is 14.3 Å². The van der Waals surface area contributed by atoms with Crippen LogP contribution in [0.5, 0.6) is 0 Å². The largest absolute Gasteiger partial charge is 0.436 e. The van der Waals surface area contributed by atoms with Crippen LogP contribution in [0.15, 0.2) is 10.5 Å². The molecule has 2 amide bonds. The first-order valence-corrected chi connectivity index (χ1v) is 8.58. The summed E-state index contributed by atoms with van der Waals surface area (Å²) in [4.78, 5) is 32.7. The van der Waals surface area contributed by atoms with Crippen LogP contribution in [-0.2, 0) is 13.1 Å². The van der Waals surface area contributed by atoms with Gasteiger partial charge in [0.2, 0.25) is 5.76 Å². The lowest BCUT2D eigenvalue weighted by Crippen LogP contribution is -2.38. The Balaban J connectivity index is 1.67. The highest BCUT2D eigenvalue weighted by Gasteiger charge is 2.27. The van der Waals surface area contributed by atoms with Crippen LogP contribution in [0, 0.1) is 13.8 Å². The number of aromatic nitrogens is 3.